The molecule has 1 N–H and O–H groups in total. The van der Waals surface area contributed by atoms with Crippen LogP contribution in [0.25, 0.3) is 0 Å². The maximum Gasteiger partial charge on any atom is 0.142 e. The Bertz CT molecular complexity index is 575. The van der Waals surface area contributed by atoms with Crippen molar-refractivity contribution in [3.8, 4) is 5.75 Å². The molecule has 0 aromatic heterocycles. The van der Waals surface area contributed by atoms with Crippen LogP contribution in [-0.2, 0) is 0 Å². The third-order valence-electron chi connectivity index (χ3n) is 3.65. The SMILES string of the molecule is CCOc1cc(C)ccc1NC(CC)c1ccc(C)cc1. The van der Waals surface area contributed by atoms with Crippen molar-refractivity contribution in [3.05, 3.63) is 59.2 Å². The smallest absolute Gasteiger partial charge is 0.142 e. The van der Waals surface area contributed by atoms with Gasteiger partial charge in [-0.15, -0.1) is 0 Å². The first-order valence-electron chi connectivity index (χ1n) is 7.70. The fraction of sp³-hybridized carbons (Fsp3) is 0.368. The molecule has 112 valence electrons. The number of ether oxygens (including phenoxy) is 1. The van der Waals surface area contributed by atoms with Crippen LogP contribution in [0, 0.1) is 13.8 Å². The van der Waals surface area contributed by atoms with Crippen LogP contribution >= 0.6 is 0 Å². The normalized spacial score (nSPS) is 12.0. The van der Waals surface area contributed by atoms with E-state index in [-0.39, 0.29) is 0 Å². The summed E-state index contributed by atoms with van der Waals surface area (Å²) in [7, 11) is 0. The molecule has 0 aliphatic rings. The molecule has 21 heavy (non-hydrogen) atoms. The molecule has 0 bridgehead atoms. The molecule has 1 atom stereocenters. The average molecular weight is 283 g/mol. The molecule has 0 aliphatic carbocycles. The van der Waals surface area contributed by atoms with Crippen molar-refractivity contribution in [2.24, 2.45) is 0 Å². The quantitative estimate of drug-likeness (QED) is 0.780. The average Bonchev–Trinajstić information content (AvgIpc) is 2.48. The summed E-state index contributed by atoms with van der Waals surface area (Å²) in [6, 6.07) is 15.3. The maximum absolute atomic E-state index is 5.76. The molecule has 0 spiro atoms. The molecule has 2 aromatic rings. The van der Waals surface area contributed by atoms with E-state index >= 15 is 0 Å². The lowest BCUT2D eigenvalue weighted by Crippen LogP contribution is -2.11. The molecule has 2 aromatic carbocycles. The highest BCUT2D eigenvalue weighted by Gasteiger charge is 2.12. The lowest BCUT2D eigenvalue weighted by molar-refractivity contribution is 0.341. The summed E-state index contributed by atoms with van der Waals surface area (Å²) in [6.45, 7) is 9.10. The van der Waals surface area contributed by atoms with Gasteiger partial charge in [-0.2, -0.15) is 0 Å². The number of aryl methyl sites for hydroxylation is 2. The fourth-order valence-electron chi connectivity index (χ4n) is 2.43. The van der Waals surface area contributed by atoms with Crippen LogP contribution in [0.2, 0.25) is 0 Å². The first kappa shape index (κ1) is 15.4. The van der Waals surface area contributed by atoms with Gasteiger partial charge in [0.1, 0.15) is 5.75 Å². The Morgan fingerprint density at radius 2 is 1.62 bits per heavy atom. The predicted molar refractivity (Wildman–Crippen MR) is 90.2 cm³/mol. The van der Waals surface area contributed by atoms with Gasteiger partial charge in [0, 0.05) is 0 Å². The van der Waals surface area contributed by atoms with Crippen LogP contribution < -0.4 is 10.1 Å². The number of benzene rings is 2. The highest BCUT2D eigenvalue weighted by atomic mass is 16.5. The van der Waals surface area contributed by atoms with Gasteiger partial charge in [-0.1, -0.05) is 42.8 Å². The maximum atomic E-state index is 5.76. The Morgan fingerprint density at radius 1 is 0.952 bits per heavy atom. The molecular formula is C19H25NO. The van der Waals surface area contributed by atoms with Crippen LogP contribution in [-0.4, -0.2) is 6.61 Å². The van der Waals surface area contributed by atoms with Crippen molar-refractivity contribution in [1.82, 2.24) is 0 Å². The minimum Gasteiger partial charge on any atom is -0.492 e. The van der Waals surface area contributed by atoms with Crippen molar-refractivity contribution in [3.63, 3.8) is 0 Å². The monoisotopic (exact) mass is 283 g/mol. The van der Waals surface area contributed by atoms with E-state index < -0.39 is 0 Å². The van der Waals surface area contributed by atoms with E-state index in [9.17, 15) is 0 Å². The molecule has 0 radical (unpaired) electrons. The standard InChI is InChI=1S/C19H25NO/c1-5-17(16-10-7-14(3)8-11-16)20-18-12-9-15(4)13-19(18)21-6-2/h7-13,17,20H,5-6H2,1-4H3. The minimum atomic E-state index is 0.299. The number of hydrogen-bond donors (Lipinski definition) is 1. The predicted octanol–water partition coefficient (Wildman–Crippen LogP) is 5.27. The fourth-order valence-corrected chi connectivity index (χ4v) is 2.43. The zero-order valence-electron chi connectivity index (χ0n) is 13.4. The van der Waals surface area contributed by atoms with E-state index in [0.29, 0.717) is 12.6 Å². The molecule has 0 saturated heterocycles. The molecule has 0 saturated carbocycles. The van der Waals surface area contributed by atoms with E-state index in [1.807, 2.05) is 6.92 Å². The Morgan fingerprint density at radius 3 is 2.24 bits per heavy atom. The lowest BCUT2D eigenvalue weighted by atomic mass is 10.0. The zero-order chi connectivity index (χ0) is 15.2. The van der Waals surface area contributed by atoms with E-state index in [1.54, 1.807) is 0 Å². The largest absolute Gasteiger partial charge is 0.492 e. The van der Waals surface area contributed by atoms with Gasteiger partial charge < -0.3 is 10.1 Å². The van der Waals surface area contributed by atoms with Crippen molar-refractivity contribution in [2.75, 3.05) is 11.9 Å². The number of anilines is 1. The van der Waals surface area contributed by atoms with Crippen LogP contribution in [0.15, 0.2) is 42.5 Å². The first-order chi connectivity index (χ1) is 10.1. The summed E-state index contributed by atoms with van der Waals surface area (Å²) in [6.07, 6.45) is 1.03. The molecule has 0 heterocycles. The summed E-state index contributed by atoms with van der Waals surface area (Å²) >= 11 is 0. The minimum absolute atomic E-state index is 0.299. The van der Waals surface area contributed by atoms with Gasteiger partial charge in [-0.05, 0) is 50.5 Å². The molecular weight excluding hydrogens is 258 g/mol. The van der Waals surface area contributed by atoms with Crippen LogP contribution in [0.5, 0.6) is 5.75 Å². The third kappa shape index (κ3) is 4.01. The zero-order valence-corrected chi connectivity index (χ0v) is 13.4. The summed E-state index contributed by atoms with van der Waals surface area (Å²) < 4.78 is 5.76. The Balaban J connectivity index is 2.24. The molecule has 0 amide bonds. The second kappa shape index (κ2) is 7.16. The van der Waals surface area contributed by atoms with Crippen molar-refractivity contribution < 1.29 is 4.74 Å². The molecule has 0 fully saturated rings. The lowest BCUT2D eigenvalue weighted by Gasteiger charge is -2.21. The van der Waals surface area contributed by atoms with Crippen molar-refractivity contribution in [1.29, 1.82) is 0 Å². The topological polar surface area (TPSA) is 21.3 Å². The van der Waals surface area contributed by atoms with Gasteiger partial charge >= 0.3 is 0 Å². The van der Waals surface area contributed by atoms with Crippen LogP contribution in [0.4, 0.5) is 5.69 Å². The van der Waals surface area contributed by atoms with Gasteiger partial charge in [-0.3, -0.25) is 0 Å². The van der Waals surface area contributed by atoms with Gasteiger partial charge in [-0.25, -0.2) is 0 Å². The number of hydrogen-bond acceptors (Lipinski definition) is 2. The summed E-state index contributed by atoms with van der Waals surface area (Å²) in [5.41, 5.74) is 4.88. The molecule has 2 rings (SSSR count). The molecule has 0 aliphatic heterocycles. The highest BCUT2D eigenvalue weighted by Crippen LogP contribution is 2.30. The van der Waals surface area contributed by atoms with E-state index in [2.05, 4.69) is 68.6 Å². The molecule has 2 nitrogen and oxygen atoms in total. The van der Waals surface area contributed by atoms with E-state index in [1.165, 1.54) is 16.7 Å². The Labute approximate surface area is 128 Å². The summed E-state index contributed by atoms with van der Waals surface area (Å²) in [5.74, 6) is 0.933. The van der Waals surface area contributed by atoms with Crippen LogP contribution in [0.3, 0.4) is 0 Å². The van der Waals surface area contributed by atoms with Gasteiger partial charge in [0.25, 0.3) is 0 Å². The van der Waals surface area contributed by atoms with Gasteiger partial charge in [0.05, 0.1) is 18.3 Å². The second-order valence-electron chi connectivity index (χ2n) is 5.45. The Hall–Kier alpha value is -1.96. The molecule has 2 heteroatoms. The summed E-state index contributed by atoms with van der Waals surface area (Å²) in [5, 5.41) is 3.62. The third-order valence-corrected chi connectivity index (χ3v) is 3.65. The number of nitrogens with one attached hydrogen (secondary N) is 1. The highest BCUT2D eigenvalue weighted by molar-refractivity contribution is 5.58. The van der Waals surface area contributed by atoms with Crippen molar-refractivity contribution >= 4 is 5.69 Å². The Kier molecular flexibility index (Phi) is 5.26. The number of rotatable bonds is 6. The van der Waals surface area contributed by atoms with Crippen molar-refractivity contribution in [2.45, 2.75) is 40.2 Å². The first-order valence-corrected chi connectivity index (χ1v) is 7.70. The second-order valence-corrected chi connectivity index (χ2v) is 5.45. The van der Waals surface area contributed by atoms with Crippen LogP contribution in [0.1, 0.15) is 43.0 Å². The summed E-state index contributed by atoms with van der Waals surface area (Å²) in [4.78, 5) is 0. The molecule has 1 unspecified atom stereocenters. The van der Waals surface area contributed by atoms with E-state index in [0.717, 1.165) is 17.9 Å². The van der Waals surface area contributed by atoms with Gasteiger partial charge in [0.15, 0.2) is 0 Å². The van der Waals surface area contributed by atoms with E-state index in [4.69, 9.17) is 4.74 Å². The van der Waals surface area contributed by atoms with Gasteiger partial charge in [0.2, 0.25) is 0 Å².